The van der Waals surface area contributed by atoms with E-state index in [0.717, 1.165) is 10.7 Å². The third kappa shape index (κ3) is 2.20. The summed E-state index contributed by atoms with van der Waals surface area (Å²) in [5.41, 5.74) is -0.265. The molecule has 1 aromatic carbocycles. The summed E-state index contributed by atoms with van der Waals surface area (Å²) in [4.78, 5) is 22.2. The molecule has 0 unspecified atom stereocenters. The van der Waals surface area contributed by atoms with Gasteiger partial charge in [0.05, 0.1) is 15.7 Å². The average Bonchev–Trinajstić information content (AvgIpc) is 2.65. The van der Waals surface area contributed by atoms with Crippen molar-refractivity contribution in [3.63, 3.8) is 0 Å². The lowest BCUT2D eigenvalue weighted by Gasteiger charge is -2.03. The van der Waals surface area contributed by atoms with E-state index in [4.69, 9.17) is 28.3 Å². The minimum atomic E-state index is -1.21. The summed E-state index contributed by atoms with van der Waals surface area (Å²) < 4.78 is 1.08. The molecule has 0 aliphatic heterocycles. The molecule has 1 aromatic heterocycles. The lowest BCUT2D eigenvalue weighted by Crippen LogP contribution is -2.13. The number of aromatic amines is 1. The molecule has 88 valence electrons. The van der Waals surface area contributed by atoms with Crippen LogP contribution in [0.1, 0.15) is 10.5 Å². The van der Waals surface area contributed by atoms with Crippen LogP contribution in [-0.2, 0) is 0 Å². The van der Waals surface area contributed by atoms with Gasteiger partial charge in [-0.25, -0.2) is 9.48 Å². The Morgan fingerprint density at radius 2 is 1.94 bits per heavy atom. The number of nitrogens with zero attached hydrogens (tertiary/aromatic N) is 1. The van der Waals surface area contributed by atoms with E-state index in [1.54, 1.807) is 6.07 Å². The smallest absolute Gasteiger partial charge is 0.353 e. The van der Waals surface area contributed by atoms with Crippen LogP contribution in [0.5, 0.6) is 0 Å². The number of aromatic carboxylic acids is 1. The zero-order chi connectivity index (χ0) is 12.6. The van der Waals surface area contributed by atoms with Crippen molar-refractivity contribution in [3.05, 3.63) is 50.4 Å². The van der Waals surface area contributed by atoms with E-state index < -0.39 is 11.5 Å². The third-order valence-corrected chi connectivity index (χ3v) is 2.85. The van der Waals surface area contributed by atoms with Crippen LogP contribution in [0, 0.1) is 0 Å². The maximum atomic E-state index is 11.5. The Labute approximate surface area is 105 Å². The fourth-order valence-electron chi connectivity index (χ4n) is 1.32. The normalized spacial score (nSPS) is 10.5. The number of H-pyrrole nitrogens is 1. The van der Waals surface area contributed by atoms with E-state index in [-0.39, 0.29) is 10.7 Å². The second-order valence-electron chi connectivity index (χ2n) is 3.25. The largest absolute Gasteiger partial charge is 0.477 e. The Kier molecular flexibility index (Phi) is 2.95. The summed E-state index contributed by atoms with van der Waals surface area (Å²) in [6, 6.07) is 5.53. The number of hydrogen-bond acceptors (Lipinski definition) is 2. The fourth-order valence-corrected chi connectivity index (χ4v) is 1.61. The molecule has 7 heteroatoms. The molecule has 0 saturated heterocycles. The van der Waals surface area contributed by atoms with Crippen LogP contribution in [0.4, 0.5) is 0 Å². The van der Waals surface area contributed by atoms with Crippen LogP contribution in [0.2, 0.25) is 10.0 Å². The summed E-state index contributed by atoms with van der Waals surface area (Å²) in [6.45, 7) is 0. The molecular formula is C10H6Cl2N2O3. The lowest BCUT2D eigenvalue weighted by atomic mass is 10.3. The SMILES string of the molecule is O=C(O)c1cc(=O)n(-c2ccc(Cl)c(Cl)c2)[nH]1. The van der Waals surface area contributed by atoms with Gasteiger partial charge in [-0.2, -0.15) is 0 Å². The Morgan fingerprint density at radius 3 is 2.47 bits per heavy atom. The first-order chi connectivity index (χ1) is 7.99. The van der Waals surface area contributed by atoms with Crippen LogP contribution >= 0.6 is 23.2 Å². The van der Waals surface area contributed by atoms with Crippen molar-refractivity contribution in [1.82, 2.24) is 9.78 Å². The van der Waals surface area contributed by atoms with Gasteiger partial charge < -0.3 is 5.11 Å². The van der Waals surface area contributed by atoms with Crippen molar-refractivity contribution in [2.45, 2.75) is 0 Å². The zero-order valence-corrected chi connectivity index (χ0v) is 9.79. The van der Waals surface area contributed by atoms with Gasteiger partial charge in [0.25, 0.3) is 5.56 Å². The van der Waals surface area contributed by atoms with Gasteiger partial charge >= 0.3 is 5.97 Å². The Bertz CT molecular complexity index is 645. The molecule has 0 saturated carbocycles. The van der Waals surface area contributed by atoms with Gasteiger partial charge in [-0.1, -0.05) is 23.2 Å². The number of aromatic nitrogens is 2. The second-order valence-corrected chi connectivity index (χ2v) is 4.06. The van der Waals surface area contributed by atoms with Crippen molar-refractivity contribution >= 4 is 29.2 Å². The quantitative estimate of drug-likeness (QED) is 0.880. The molecule has 1 heterocycles. The molecule has 0 aliphatic carbocycles. The van der Waals surface area contributed by atoms with Gasteiger partial charge in [0.1, 0.15) is 5.69 Å². The van der Waals surface area contributed by atoms with Crippen molar-refractivity contribution < 1.29 is 9.90 Å². The van der Waals surface area contributed by atoms with E-state index in [1.807, 2.05) is 0 Å². The Hall–Kier alpha value is -1.72. The first kappa shape index (κ1) is 11.8. The molecule has 0 spiro atoms. The highest BCUT2D eigenvalue weighted by atomic mass is 35.5. The molecule has 2 aromatic rings. The molecule has 0 radical (unpaired) electrons. The minimum absolute atomic E-state index is 0.193. The first-order valence-electron chi connectivity index (χ1n) is 4.50. The molecular weight excluding hydrogens is 267 g/mol. The molecule has 5 nitrogen and oxygen atoms in total. The van der Waals surface area contributed by atoms with Gasteiger partial charge in [0.15, 0.2) is 0 Å². The zero-order valence-electron chi connectivity index (χ0n) is 8.28. The number of halogens is 2. The molecule has 0 aliphatic rings. The minimum Gasteiger partial charge on any atom is -0.477 e. The average molecular weight is 273 g/mol. The molecule has 0 atom stereocenters. The highest BCUT2D eigenvalue weighted by molar-refractivity contribution is 6.42. The van der Waals surface area contributed by atoms with E-state index in [1.165, 1.54) is 12.1 Å². The van der Waals surface area contributed by atoms with Gasteiger partial charge in [-0.3, -0.25) is 9.89 Å². The Morgan fingerprint density at radius 1 is 1.24 bits per heavy atom. The number of carboxylic acids is 1. The summed E-state index contributed by atoms with van der Waals surface area (Å²) in [6.07, 6.45) is 0. The lowest BCUT2D eigenvalue weighted by molar-refractivity contribution is 0.0690. The highest BCUT2D eigenvalue weighted by Crippen LogP contribution is 2.23. The summed E-state index contributed by atoms with van der Waals surface area (Å²) in [5, 5.41) is 11.8. The number of benzene rings is 1. The monoisotopic (exact) mass is 272 g/mol. The van der Waals surface area contributed by atoms with Gasteiger partial charge in [-0.05, 0) is 18.2 Å². The second kappa shape index (κ2) is 4.27. The number of carboxylic acid groups (broad SMARTS) is 1. The Balaban J connectivity index is 2.56. The van der Waals surface area contributed by atoms with Crippen LogP contribution < -0.4 is 5.56 Å². The fraction of sp³-hybridized carbons (Fsp3) is 0. The van der Waals surface area contributed by atoms with E-state index in [9.17, 15) is 9.59 Å². The van der Waals surface area contributed by atoms with Gasteiger partial charge in [0.2, 0.25) is 0 Å². The predicted octanol–water partition coefficient (Wildman–Crippen LogP) is 2.17. The number of hydrogen-bond donors (Lipinski definition) is 2. The predicted molar refractivity (Wildman–Crippen MR) is 63.4 cm³/mol. The molecule has 2 rings (SSSR count). The number of rotatable bonds is 2. The highest BCUT2D eigenvalue weighted by Gasteiger charge is 2.11. The van der Waals surface area contributed by atoms with Crippen LogP contribution in [0.3, 0.4) is 0 Å². The van der Waals surface area contributed by atoms with Crippen LogP contribution in [0.25, 0.3) is 5.69 Å². The van der Waals surface area contributed by atoms with E-state index >= 15 is 0 Å². The van der Waals surface area contributed by atoms with Crippen molar-refractivity contribution in [3.8, 4) is 5.69 Å². The number of nitrogens with one attached hydrogen (secondary N) is 1. The van der Waals surface area contributed by atoms with Gasteiger partial charge in [0, 0.05) is 6.07 Å². The molecule has 2 N–H and O–H groups in total. The first-order valence-corrected chi connectivity index (χ1v) is 5.25. The van der Waals surface area contributed by atoms with Crippen molar-refractivity contribution in [1.29, 1.82) is 0 Å². The van der Waals surface area contributed by atoms with E-state index in [2.05, 4.69) is 5.10 Å². The summed E-state index contributed by atoms with van der Waals surface area (Å²) in [5.74, 6) is -1.21. The topological polar surface area (TPSA) is 75.1 Å². The van der Waals surface area contributed by atoms with E-state index in [0.29, 0.717) is 10.7 Å². The molecule has 0 amide bonds. The standard InChI is InChI=1S/C10H6Cl2N2O3/c11-6-2-1-5(3-7(6)12)14-9(15)4-8(13-14)10(16)17/h1-4,13H,(H,16,17). The molecule has 17 heavy (non-hydrogen) atoms. The van der Waals surface area contributed by atoms with Crippen LogP contribution in [0.15, 0.2) is 29.1 Å². The maximum absolute atomic E-state index is 11.5. The van der Waals surface area contributed by atoms with Crippen molar-refractivity contribution in [2.24, 2.45) is 0 Å². The van der Waals surface area contributed by atoms with Crippen molar-refractivity contribution in [2.75, 3.05) is 0 Å². The van der Waals surface area contributed by atoms with Gasteiger partial charge in [-0.15, -0.1) is 0 Å². The third-order valence-electron chi connectivity index (χ3n) is 2.11. The number of carbonyl (C=O) groups is 1. The molecule has 0 bridgehead atoms. The summed E-state index contributed by atoms with van der Waals surface area (Å²) in [7, 11) is 0. The molecule has 0 fully saturated rings. The van der Waals surface area contributed by atoms with Crippen LogP contribution in [-0.4, -0.2) is 20.9 Å². The maximum Gasteiger partial charge on any atom is 0.353 e. The summed E-state index contributed by atoms with van der Waals surface area (Å²) >= 11 is 11.5.